The Kier molecular flexibility index (Phi) is 2.12. The second-order valence-corrected chi connectivity index (χ2v) is 3.45. The van der Waals surface area contributed by atoms with Crippen LogP contribution in [-0.4, -0.2) is 10.8 Å². The molecule has 2 aromatic rings. The summed E-state index contributed by atoms with van der Waals surface area (Å²) in [5, 5.41) is 1.17. The Bertz CT molecular complexity index is 482. The van der Waals surface area contributed by atoms with Crippen LogP contribution in [0.1, 0.15) is 29.8 Å². The van der Waals surface area contributed by atoms with Gasteiger partial charge in [-0.15, -0.1) is 0 Å². The van der Waals surface area contributed by atoms with Crippen LogP contribution in [0, 0.1) is 0 Å². The monoisotopic (exact) mass is 187 g/mol. The van der Waals surface area contributed by atoms with Gasteiger partial charge in [0.2, 0.25) is 0 Å². The number of Topliss-reactive ketones (excluding diaryl/α,β-unsaturated/α-hetero) is 1. The first-order valence-electron chi connectivity index (χ1n) is 4.84. The number of aromatic nitrogens is 1. The number of aryl methyl sites for hydroxylation is 1. The summed E-state index contributed by atoms with van der Waals surface area (Å²) in [7, 11) is 0. The Balaban J connectivity index is 2.76. The molecule has 1 heterocycles. The topological polar surface area (TPSA) is 32.9 Å². The molecule has 0 radical (unpaired) electrons. The summed E-state index contributed by atoms with van der Waals surface area (Å²) >= 11 is 0. The second-order valence-electron chi connectivity index (χ2n) is 3.45. The molecule has 0 atom stereocenters. The molecule has 0 aliphatic rings. The highest BCUT2D eigenvalue weighted by molar-refractivity contribution is 6.06. The maximum absolute atomic E-state index is 11.3. The van der Waals surface area contributed by atoms with E-state index in [1.54, 1.807) is 6.92 Å². The highest BCUT2D eigenvalue weighted by Gasteiger charge is 2.08. The first-order chi connectivity index (χ1) is 6.74. The zero-order valence-corrected chi connectivity index (χ0v) is 8.42. The van der Waals surface area contributed by atoms with Gasteiger partial charge in [0.1, 0.15) is 0 Å². The van der Waals surface area contributed by atoms with Crippen molar-refractivity contribution in [3.63, 3.8) is 0 Å². The van der Waals surface area contributed by atoms with Gasteiger partial charge in [-0.2, -0.15) is 0 Å². The molecule has 2 nitrogen and oxygen atoms in total. The van der Waals surface area contributed by atoms with Gasteiger partial charge < -0.3 is 4.98 Å². The average molecular weight is 187 g/mol. The van der Waals surface area contributed by atoms with Gasteiger partial charge in [-0.25, -0.2) is 0 Å². The van der Waals surface area contributed by atoms with E-state index >= 15 is 0 Å². The molecule has 0 aliphatic carbocycles. The number of ketones is 1. The Morgan fingerprint density at radius 2 is 2.21 bits per heavy atom. The van der Waals surface area contributed by atoms with Gasteiger partial charge >= 0.3 is 0 Å². The van der Waals surface area contributed by atoms with Crippen molar-refractivity contribution >= 4 is 16.7 Å². The van der Waals surface area contributed by atoms with Gasteiger partial charge in [0.25, 0.3) is 0 Å². The Labute approximate surface area is 82.9 Å². The Morgan fingerprint density at radius 3 is 2.86 bits per heavy atom. The van der Waals surface area contributed by atoms with Crippen LogP contribution in [0.15, 0.2) is 24.4 Å². The lowest BCUT2D eigenvalue weighted by Gasteiger charge is -1.98. The van der Waals surface area contributed by atoms with E-state index in [-0.39, 0.29) is 5.78 Å². The van der Waals surface area contributed by atoms with Crippen molar-refractivity contribution in [2.24, 2.45) is 0 Å². The lowest BCUT2D eigenvalue weighted by molar-refractivity contribution is 0.101. The van der Waals surface area contributed by atoms with Crippen LogP contribution in [0.2, 0.25) is 0 Å². The third-order valence-corrected chi connectivity index (χ3v) is 2.56. The minimum Gasteiger partial charge on any atom is -0.360 e. The molecule has 2 rings (SSSR count). The van der Waals surface area contributed by atoms with Crippen molar-refractivity contribution in [3.8, 4) is 0 Å². The number of para-hydroxylation sites is 1. The summed E-state index contributed by atoms with van der Waals surface area (Å²) < 4.78 is 0. The lowest BCUT2D eigenvalue weighted by atomic mass is 10.1. The van der Waals surface area contributed by atoms with Crippen molar-refractivity contribution < 1.29 is 4.79 Å². The molecule has 0 aliphatic heterocycles. The number of hydrogen-bond donors (Lipinski definition) is 1. The van der Waals surface area contributed by atoms with Crippen LogP contribution in [0.3, 0.4) is 0 Å². The maximum Gasteiger partial charge on any atom is 0.161 e. The van der Waals surface area contributed by atoms with E-state index in [2.05, 4.69) is 18.0 Å². The first-order valence-corrected chi connectivity index (χ1v) is 4.84. The number of rotatable bonds is 2. The molecule has 2 heteroatoms. The van der Waals surface area contributed by atoms with Crippen LogP contribution >= 0.6 is 0 Å². The summed E-state index contributed by atoms with van der Waals surface area (Å²) in [5.74, 6) is 0.111. The summed E-state index contributed by atoms with van der Waals surface area (Å²) in [6.07, 6.45) is 2.97. The van der Waals surface area contributed by atoms with Crippen molar-refractivity contribution in [1.82, 2.24) is 4.98 Å². The number of benzene rings is 1. The van der Waals surface area contributed by atoms with Gasteiger partial charge in [0.15, 0.2) is 5.78 Å². The fourth-order valence-corrected chi connectivity index (χ4v) is 1.80. The third kappa shape index (κ3) is 1.23. The molecule has 0 saturated heterocycles. The van der Waals surface area contributed by atoms with Gasteiger partial charge in [0.05, 0.1) is 5.52 Å². The van der Waals surface area contributed by atoms with E-state index in [4.69, 9.17) is 0 Å². The first kappa shape index (κ1) is 9.00. The highest BCUT2D eigenvalue weighted by Crippen LogP contribution is 2.22. The van der Waals surface area contributed by atoms with Crippen molar-refractivity contribution in [1.29, 1.82) is 0 Å². The zero-order chi connectivity index (χ0) is 10.1. The fraction of sp³-hybridized carbons (Fsp3) is 0.250. The number of H-pyrrole nitrogens is 1. The van der Waals surface area contributed by atoms with Crippen LogP contribution in [0.5, 0.6) is 0 Å². The zero-order valence-electron chi connectivity index (χ0n) is 8.42. The van der Waals surface area contributed by atoms with Crippen LogP contribution < -0.4 is 0 Å². The van der Waals surface area contributed by atoms with Crippen molar-refractivity contribution in [2.75, 3.05) is 0 Å². The van der Waals surface area contributed by atoms with Gasteiger partial charge in [-0.1, -0.05) is 19.1 Å². The molecular formula is C12H13NO. The van der Waals surface area contributed by atoms with E-state index in [0.29, 0.717) is 0 Å². The number of nitrogens with one attached hydrogen (secondary N) is 1. The Morgan fingerprint density at radius 1 is 1.43 bits per heavy atom. The predicted molar refractivity (Wildman–Crippen MR) is 57.7 cm³/mol. The molecule has 0 fully saturated rings. The second kappa shape index (κ2) is 3.29. The maximum atomic E-state index is 11.3. The fourth-order valence-electron chi connectivity index (χ4n) is 1.80. The number of hydrogen-bond acceptors (Lipinski definition) is 1. The van der Waals surface area contributed by atoms with Gasteiger partial charge in [-0.05, 0) is 25.0 Å². The van der Waals surface area contributed by atoms with E-state index in [1.807, 2.05) is 18.3 Å². The number of carbonyl (C=O) groups is 1. The standard InChI is InChI=1S/C12H13NO/c1-3-9-7-13-12-10(8(2)14)5-4-6-11(9)12/h4-7,13H,3H2,1-2H3. The Hall–Kier alpha value is -1.57. The molecular weight excluding hydrogens is 174 g/mol. The smallest absolute Gasteiger partial charge is 0.161 e. The number of carbonyl (C=O) groups excluding carboxylic acids is 1. The van der Waals surface area contributed by atoms with Crippen molar-refractivity contribution in [3.05, 3.63) is 35.5 Å². The van der Waals surface area contributed by atoms with Crippen LogP contribution in [0.4, 0.5) is 0 Å². The molecule has 0 bridgehead atoms. The van der Waals surface area contributed by atoms with E-state index < -0.39 is 0 Å². The van der Waals surface area contributed by atoms with E-state index in [9.17, 15) is 4.79 Å². The molecule has 0 saturated carbocycles. The molecule has 1 aromatic heterocycles. The van der Waals surface area contributed by atoms with Gasteiger partial charge in [0, 0.05) is 17.1 Å². The molecule has 72 valence electrons. The van der Waals surface area contributed by atoms with Crippen LogP contribution in [-0.2, 0) is 6.42 Å². The van der Waals surface area contributed by atoms with Crippen LogP contribution in [0.25, 0.3) is 10.9 Å². The lowest BCUT2D eigenvalue weighted by Crippen LogP contribution is -1.92. The number of fused-ring (bicyclic) bond motifs is 1. The summed E-state index contributed by atoms with van der Waals surface area (Å²) in [5.41, 5.74) is 3.02. The molecule has 1 aromatic carbocycles. The minimum absolute atomic E-state index is 0.111. The summed E-state index contributed by atoms with van der Waals surface area (Å²) in [6, 6.07) is 5.85. The molecule has 14 heavy (non-hydrogen) atoms. The summed E-state index contributed by atoms with van der Waals surface area (Å²) in [4.78, 5) is 14.5. The minimum atomic E-state index is 0.111. The normalized spacial score (nSPS) is 10.7. The highest BCUT2D eigenvalue weighted by atomic mass is 16.1. The number of aromatic amines is 1. The van der Waals surface area contributed by atoms with E-state index in [1.165, 1.54) is 10.9 Å². The quantitative estimate of drug-likeness (QED) is 0.720. The largest absolute Gasteiger partial charge is 0.360 e. The molecule has 0 spiro atoms. The molecule has 1 N–H and O–H groups in total. The van der Waals surface area contributed by atoms with Gasteiger partial charge in [-0.3, -0.25) is 4.79 Å². The molecule has 0 amide bonds. The summed E-state index contributed by atoms with van der Waals surface area (Å²) in [6.45, 7) is 3.71. The van der Waals surface area contributed by atoms with E-state index in [0.717, 1.165) is 17.5 Å². The third-order valence-electron chi connectivity index (χ3n) is 2.56. The average Bonchev–Trinajstić information content (AvgIpc) is 2.59. The van der Waals surface area contributed by atoms with Crippen molar-refractivity contribution in [2.45, 2.75) is 20.3 Å². The SMILES string of the molecule is CCc1c[nH]c2c(C(C)=O)cccc12. The predicted octanol–water partition coefficient (Wildman–Crippen LogP) is 2.93. The molecule has 0 unspecified atom stereocenters.